The molecule has 108 valence electrons. The maximum atomic E-state index is 11.2. The summed E-state index contributed by atoms with van der Waals surface area (Å²) in [6.45, 7) is 1.61. The summed E-state index contributed by atoms with van der Waals surface area (Å²) in [7, 11) is 1.69. The molecular weight excluding hydrogens is 262 g/mol. The maximum Gasteiger partial charge on any atom is 0.332 e. The van der Waals surface area contributed by atoms with Crippen LogP contribution in [0.2, 0.25) is 0 Å². The zero-order valence-corrected chi connectivity index (χ0v) is 11.4. The highest BCUT2D eigenvalue weighted by molar-refractivity contribution is 5.61. The Morgan fingerprint density at radius 1 is 1.40 bits per heavy atom. The highest BCUT2D eigenvalue weighted by atomic mass is 16.6. The minimum absolute atomic E-state index is 0.0632. The van der Waals surface area contributed by atoms with Gasteiger partial charge in [-0.25, -0.2) is 4.98 Å². The minimum Gasteiger partial charge on any atom is -0.373 e. The van der Waals surface area contributed by atoms with Crippen LogP contribution < -0.4 is 10.6 Å². The first-order chi connectivity index (χ1) is 9.58. The van der Waals surface area contributed by atoms with Gasteiger partial charge < -0.3 is 15.4 Å². The fourth-order valence-electron chi connectivity index (χ4n) is 2.96. The first kappa shape index (κ1) is 13.0. The van der Waals surface area contributed by atoms with E-state index in [0.717, 1.165) is 19.3 Å². The lowest BCUT2D eigenvalue weighted by Gasteiger charge is -2.20. The standard InChI is InChI=1S/C12H17N5O3/c1-6-10(17(18)19)11(16-12(13-2)14-6)15-8-5-7-3-4-9(8)20-7/h7-9H,3-5H2,1-2H3,(H2,13,14,15,16). The number of nitro groups is 1. The molecule has 2 N–H and O–H groups in total. The molecule has 2 fully saturated rings. The number of hydrogen-bond acceptors (Lipinski definition) is 7. The van der Waals surface area contributed by atoms with Gasteiger partial charge in [-0.2, -0.15) is 4.98 Å². The fourth-order valence-corrected chi connectivity index (χ4v) is 2.96. The first-order valence-corrected chi connectivity index (χ1v) is 6.71. The lowest BCUT2D eigenvalue weighted by Crippen LogP contribution is -2.31. The van der Waals surface area contributed by atoms with Crippen molar-refractivity contribution in [2.45, 2.75) is 44.4 Å². The van der Waals surface area contributed by atoms with E-state index in [1.54, 1.807) is 14.0 Å². The molecule has 0 saturated carbocycles. The summed E-state index contributed by atoms with van der Waals surface area (Å²) in [5.41, 5.74) is 0.285. The second-order valence-corrected chi connectivity index (χ2v) is 5.20. The SMILES string of the molecule is CNc1nc(C)c([N+](=O)[O-])c(NC2CC3CCC2O3)n1. The van der Waals surface area contributed by atoms with E-state index >= 15 is 0 Å². The van der Waals surface area contributed by atoms with Gasteiger partial charge in [-0.1, -0.05) is 0 Å². The zero-order valence-electron chi connectivity index (χ0n) is 11.4. The van der Waals surface area contributed by atoms with Gasteiger partial charge in [0, 0.05) is 7.05 Å². The topological polar surface area (TPSA) is 102 Å². The number of aryl methyl sites for hydroxylation is 1. The summed E-state index contributed by atoms with van der Waals surface area (Å²) in [4.78, 5) is 19.0. The number of nitrogens with zero attached hydrogens (tertiary/aromatic N) is 3. The molecule has 3 atom stereocenters. The van der Waals surface area contributed by atoms with Crippen LogP contribution >= 0.6 is 0 Å². The molecule has 20 heavy (non-hydrogen) atoms. The van der Waals surface area contributed by atoms with E-state index in [1.807, 2.05) is 0 Å². The molecule has 1 aromatic rings. The Morgan fingerprint density at radius 3 is 2.75 bits per heavy atom. The van der Waals surface area contributed by atoms with Crippen molar-refractivity contribution in [1.29, 1.82) is 0 Å². The van der Waals surface area contributed by atoms with Gasteiger partial charge in [0.2, 0.25) is 11.8 Å². The average molecular weight is 279 g/mol. The number of hydrogen-bond donors (Lipinski definition) is 2. The first-order valence-electron chi connectivity index (χ1n) is 6.71. The molecule has 2 saturated heterocycles. The number of rotatable bonds is 4. The number of anilines is 2. The molecule has 0 amide bonds. The van der Waals surface area contributed by atoms with Gasteiger partial charge in [0.25, 0.3) is 0 Å². The number of ether oxygens (including phenoxy) is 1. The maximum absolute atomic E-state index is 11.2. The monoisotopic (exact) mass is 279 g/mol. The predicted octanol–water partition coefficient (Wildman–Crippen LogP) is 1.47. The van der Waals surface area contributed by atoms with Crippen molar-refractivity contribution in [2.24, 2.45) is 0 Å². The summed E-state index contributed by atoms with van der Waals surface area (Å²) in [5, 5.41) is 17.2. The molecule has 0 aromatic carbocycles. The molecule has 3 unspecified atom stereocenters. The molecule has 0 radical (unpaired) electrons. The molecular formula is C12H17N5O3. The third-order valence-electron chi connectivity index (χ3n) is 3.89. The van der Waals surface area contributed by atoms with Crippen molar-refractivity contribution in [3.05, 3.63) is 15.8 Å². The van der Waals surface area contributed by atoms with Crippen LogP contribution in [0.25, 0.3) is 0 Å². The van der Waals surface area contributed by atoms with Gasteiger partial charge in [-0.3, -0.25) is 10.1 Å². The predicted molar refractivity (Wildman–Crippen MR) is 72.9 cm³/mol. The minimum atomic E-state index is -0.439. The van der Waals surface area contributed by atoms with Crippen LogP contribution in [0.1, 0.15) is 25.0 Å². The largest absolute Gasteiger partial charge is 0.373 e. The van der Waals surface area contributed by atoms with Gasteiger partial charge >= 0.3 is 5.69 Å². The van der Waals surface area contributed by atoms with Gasteiger partial charge in [0.05, 0.1) is 23.2 Å². The van der Waals surface area contributed by atoms with E-state index in [0.29, 0.717) is 11.6 Å². The normalized spacial score (nSPS) is 27.6. The highest BCUT2D eigenvalue weighted by Gasteiger charge is 2.41. The molecule has 1 aromatic heterocycles. The van der Waals surface area contributed by atoms with Crippen LogP contribution in [0.5, 0.6) is 0 Å². The van der Waals surface area contributed by atoms with Crippen LogP contribution in [-0.4, -0.2) is 40.2 Å². The van der Waals surface area contributed by atoms with Crippen LogP contribution in [-0.2, 0) is 4.74 Å². The van der Waals surface area contributed by atoms with Crippen molar-refractivity contribution in [2.75, 3.05) is 17.7 Å². The molecule has 8 heteroatoms. The summed E-state index contributed by atoms with van der Waals surface area (Å²) in [6, 6.07) is 0.0893. The van der Waals surface area contributed by atoms with E-state index in [1.165, 1.54) is 0 Å². The highest BCUT2D eigenvalue weighted by Crippen LogP contribution is 2.37. The van der Waals surface area contributed by atoms with Gasteiger partial charge in [-0.15, -0.1) is 0 Å². The number of nitrogens with one attached hydrogen (secondary N) is 2. The van der Waals surface area contributed by atoms with Crippen molar-refractivity contribution in [3.8, 4) is 0 Å². The third kappa shape index (κ3) is 2.15. The number of fused-ring (bicyclic) bond motifs is 2. The van der Waals surface area contributed by atoms with Crippen LogP contribution in [0.15, 0.2) is 0 Å². The third-order valence-corrected chi connectivity index (χ3v) is 3.89. The van der Waals surface area contributed by atoms with E-state index in [-0.39, 0.29) is 29.8 Å². The Labute approximate surface area is 116 Å². The Morgan fingerprint density at radius 2 is 2.20 bits per heavy atom. The molecule has 3 rings (SSSR count). The van der Waals surface area contributed by atoms with Gasteiger partial charge in [-0.05, 0) is 26.2 Å². The summed E-state index contributed by atoms with van der Waals surface area (Å²) < 4.78 is 5.75. The summed E-state index contributed by atoms with van der Waals surface area (Å²) in [5.74, 6) is 0.646. The van der Waals surface area contributed by atoms with Crippen molar-refractivity contribution >= 4 is 17.5 Å². The van der Waals surface area contributed by atoms with Gasteiger partial charge in [0.1, 0.15) is 5.69 Å². The molecule has 0 spiro atoms. The van der Waals surface area contributed by atoms with Crippen molar-refractivity contribution in [3.63, 3.8) is 0 Å². The molecule has 2 aliphatic rings. The average Bonchev–Trinajstić information content (AvgIpc) is 2.99. The quantitative estimate of drug-likeness (QED) is 0.635. The molecule has 0 aliphatic carbocycles. The zero-order chi connectivity index (χ0) is 14.3. The Kier molecular flexibility index (Phi) is 3.17. The van der Waals surface area contributed by atoms with E-state index in [4.69, 9.17) is 4.74 Å². The Bertz CT molecular complexity index is 550. The Hall–Kier alpha value is -1.96. The second kappa shape index (κ2) is 4.86. The van der Waals surface area contributed by atoms with Crippen molar-refractivity contribution < 1.29 is 9.66 Å². The Balaban J connectivity index is 1.90. The van der Waals surface area contributed by atoms with E-state index in [2.05, 4.69) is 20.6 Å². The molecule has 2 bridgehead atoms. The lowest BCUT2D eigenvalue weighted by molar-refractivity contribution is -0.385. The summed E-state index contributed by atoms with van der Waals surface area (Å²) in [6.07, 6.45) is 3.37. The lowest BCUT2D eigenvalue weighted by atomic mass is 9.95. The molecule has 3 heterocycles. The fraction of sp³-hybridized carbons (Fsp3) is 0.667. The molecule has 2 aliphatic heterocycles. The van der Waals surface area contributed by atoms with Crippen LogP contribution in [0.3, 0.4) is 0 Å². The van der Waals surface area contributed by atoms with E-state index in [9.17, 15) is 10.1 Å². The van der Waals surface area contributed by atoms with Crippen LogP contribution in [0.4, 0.5) is 17.5 Å². The number of aromatic nitrogens is 2. The second-order valence-electron chi connectivity index (χ2n) is 5.20. The van der Waals surface area contributed by atoms with Crippen molar-refractivity contribution in [1.82, 2.24) is 9.97 Å². The smallest absolute Gasteiger partial charge is 0.332 e. The summed E-state index contributed by atoms with van der Waals surface area (Å²) >= 11 is 0. The molecule has 8 nitrogen and oxygen atoms in total. The van der Waals surface area contributed by atoms with Gasteiger partial charge in [0.15, 0.2) is 0 Å². The van der Waals surface area contributed by atoms with Crippen LogP contribution in [0, 0.1) is 17.0 Å². The van der Waals surface area contributed by atoms with E-state index < -0.39 is 4.92 Å².